The molecule has 0 amide bonds. The van der Waals surface area contributed by atoms with Crippen LogP contribution in [0.5, 0.6) is 0 Å². The van der Waals surface area contributed by atoms with E-state index in [4.69, 9.17) is 0 Å². The lowest BCUT2D eigenvalue weighted by atomic mass is 10.1. The number of rotatable bonds is 3. The van der Waals surface area contributed by atoms with Gasteiger partial charge in [0.05, 0.1) is 5.69 Å². The van der Waals surface area contributed by atoms with E-state index in [2.05, 4.69) is 58.1 Å². The highest BCUT2D eigenvalue weighted by atomic mass is 15.2. The molecule has 0 aliphatic carbocycles. The van der Waals surface area contributed by atoms with Crippen molar-refractivity contribution in [1.82, 2.24) is 15.5 Å². The van der Waals surface area contributed by atoms with Gasteiger partial charge in [0.2, 0.25) is 0 Å². The van der Waals surface area contributed by atoms with Crippen molar-refractivity contribution in [2.24, 2.45) is 0 Å². The van der Waals surface area contributed by atoms with Crippen LogP contribution >= 0.6 is 0 Å². The van der Waals surface area contributed by atoms with E-state index in [0.717, 1.165) is 37.4 Å². The average molecular weight is 256 g/mol. The Hall–Kier alpha value is -1.81. The number of nitrogens with one attached hydrogen (secondary N) is 3. The zero-order valence-electron chi connectivity index (χ0n) is 11.2. The van der Waals surface area contributed by atoms with Crippen molar-refractivity contribution < 1.29 is 0 Å². The lowest BCUT2D eigenvalue weighted by molar-refractivity contribution is 0.478. The van der Waals surface area contributed by atoms with Crippen molar-refractivity contribution in [3.63, 3.8) is 0 Å². The number of H-pyrrole nitrogens is 1. The van der Waals surface area contributed by atoms with Crippen LogP contribution in [0.1, 0.15) is 18.4 Å². The van der Waals surface area contributed by atoms with E-state index in [1.165, 1.54) is 11.1 Å². The molecule has 1 saturated heterocycles. The summed E-state index contributed by atoms with van der Waals surface area (Å²) in [7, 11) is 0. The van der Waals surface area contributed by atoms with Gasteiger partial charge >= 0.3 is 0 Å². The number of aromatic amines is 1. The molecule has 0 radical (unpaired) electrons. The molecule has 3 rings (SSSR count). The summed E-state index contributed by atoms with van der Waals surface area (Å²) in [5.74, 6) is 0.947. The second-order valence-corrected chi connectivity index (χ2v) is 5.20. The number of nitrogens with zero attached hydrogens (tertiary/aromatic N) is 1. The maximum atomic E-state index is 4.35. The predicted octanol–water partition coefficient (Wildman–Crippen LogP) is 2.55. The summed E-state index contributed by atoms with van der Waals surface area (Å²) in [4.78, 5) is 0. The van der Waals surface area contributed by atoms with Gasteiger partial charge < -0.3 is 10.6 Å². The van der Waals surface area contributed by atoms with Gasteiger partial charge in [0.25, 0.3) is 0 Å². The van der Waals surface area contributed by atoms with E-state index in [9.17, 15) is 0 Å². The molecule has 0 bridgehead atoms. The van der Waals surface area contributed by atoms with Gasteiger partial charge in [0, 0.05) is 12.1 Å². The van der Waals surface area contributed by atoms with E-state index in [-0.39, 0.29) is 0 Å². The molecule has 1 aromatic heterocycles. The largest absolute Gasteiger partial charge is 0.366 e. The molecule has 0 saturated carbocycles. The summed E-state index contributed by atoms with van der Waals surface area (Å²) in [6.07, 6.45) is 2.32. The Morgan fingerprint density at radius 1 is 1.16 bits per heavy atom. The Labute approximate surface area is 113 Å². The molecule has 3 N–H and O–H groups in total. The number of hydrogen-bond acceptors (Lipinski definition) is 3. The Morgan fingerprint density at radius 2 is 1.89 bits per heavy atom. The van der Waals surface area contributed by atoms with Crippen molar-refractivity contribution in [3.05, 3.63) is 35.9 Å². The Bertz CT molecular complexity index is 523. The van der Waals surface area contributed by atoms with Crippen LogP contribution in [0.15, 0.2) is 30.3 Å². The summed E-state index contributed by atoms with van der Waals surface area (Å²) in [6.45, 7) is 4.28. The first-order valence-electron chi connectivity index (χ1n) is 6.91. The number of aromatic nitrogens is 2. The summed E-state index contributed by atoms with van der Waals surface area (Å²) in [5, 5.41) is 14.3. The van der Waals surface area contributed by atoms with Gasteiger partial charge in [0.15, 0.2) is 0 Å². The normalized spacial score (nSPS) is 16.5. The summed E-state index contributed by atoms with van der Waals surface area (Å²) in [6, 6.07) is 11.1. The third kappa shape index (κ3) is 2.96. The van der Waals surface area contributed by atoms with Gasteiger partial charge in [-0.2, -0.15) is 5.10 Å². The Morgan fingerprint density at radius 3 is 2.63 bits per heavy atom. The molecule has 2 aromatic rings. The number of anilines is 1. The molecule has 2 heterocycles. The van der Waals surface area contributed by atoms with Crippen LogP contribution in [-0.2, 0) is 0 Å². The lowest BCUT2D eigenvalue weighted by Crippen LogP contribution is -2.35. The minimum absolute atomic E-state index is 0.537. The van der Waals surface area contributed by atoms with Crippen LogP contribution in [0.4, 0.5) is 5.82 Å². The molecular weight excluding hydrogens is 236 g/mol. The SMILES string of the molecule is Cc1ccc(-c2cc(NC3CCNCC3)n[nH]2)cc1. The first kappa shape index (κ1) is 12.2. The average Bonchev–Trinajstić information content (AvgIpc) is 2.89. The number of benzene rings is 1. The second-order valence-electron chi connectivity index (χ2n) is 5.20. The van der Waals surface area contributed by atoms with Gasteiger partial charge in [-0.3, -0.25) is 5.10 Å². The van der Waals surface area contributed by atoms with Crippen LogP contribution in [-0.4, -0.2) is 29.3 Å². The van der Waals surface area contributed by atoms with Crippen molar-refractivity contribution >= 4 is 5.82 Å². The van der Waals surface area contributed by atoms with Crippen LogP contribution in [0.3, 0.4) is 0 Å². The standard InChI is InChI=1S/C15H20N4/c1-11-2-4-12(5-3-11)14-10-15(19-18-14)17-13-6-8-16-9-7-13/h2-5,10,13,16H,6-9H2,1H3,(H2,17,18,19). The number of hydrogen-bond donors (Lipinski definition) is 3. The monoisotopic (exact) mass is 256 g/mol. The third-order valence-electron chi connectivity index (χ3n) is 3.63. The van der Waals surface area contributed by atoms with E-state index in [1.54, 1.807) is 0 Å². The quantitative estimate of drug-likeness (QED) is 0.791. The molecule has 1 aliphatic rings. The van der Waals surface area contributed by atoms with E-state index >= 15 is 0 Å². The summed E-state index contributed by atoms with van der Waals surface area (Å²) >= 11 is 0. The Kier molecular flexibility index (Phi) is 3.51. The van der Waals surface area contributed by atoms with Crippen molar-refractivity contribution in [2.75, 3.05) is 18.4 Å². The molecule has 1 fully saturated rings. The molecule has 1 aromatic carbocycles. The molecule has 0 unspecified atom stereocenters. The molecular formula is C15H20N4. The molecule has 19 heavy (non-hydrogen) atoms. The molecule has 4 nitrogen and oxygen atoms in total. The second kappa shape index (κ2) is 5.45. The fourth-order valence-electron chi connectivity index (χ4n) is 2.45. The smallest absolute Gasteiger partial charge is 0.148 e. The van der Waals surface area contributed by atoms with Crippen LogP contribution in [0.2, 0.25) is 0 Å². The van der Waals surface area contributed by atoms with Gasteiger partial charge in [0.1, 0.15) is 5.82 Å². The fraction of sp³-hybridized carbons (Fsp3) is 0.400. The van der Waals surface area contributed by atoms with Crippen LogP contribution in [0.25, 0.3) is 11.3 Å². The minimum Gasteiger partial charge on any atom is -0.366 e. The Balaban J connectivity index is 1.70. The predicted molar refractivity (Wildman–Crippen MR) is 78.3 cm³/mol. The number of piperidine rings is 1. The maximum absolute atomic E-state index is 4.35. The van der Waals surface area contributed by atoms with E-state index < -0.39 is 0 Å². The number of aryl methyl sites for hydroxylation is 1. The zero-order chi connectivity index (χ0) is 13.1. The molecule has 0 spiro atoms. The van der Waals surface area contributed by atoms with Gasteiger partial charge in [-0.15, -0.1) is 0 Å². The zero-order valence-corrected chi connectivity index (χ0v) is 11.2. The lowest BCUT2D eigenvalue weighted by Gasteiger charge is -2.23. The summed E-state index contributed by atoms with van der Waals surface area (Å²) < 4.78 is 0. The summed E-state index contributed by atoms with van der Waals surface area (Å²) in [5.41, 5.74) is 3.52. The van der Waals surface area contributed by atoms with Crippen molar-refractivity contribution in [2.45, 2.75) is 25.8 Å². The third-order valence-corrected chi connectivity index (χ3v) is 3.63. The molecule has 4 heteroatoms. The van der Waals surface area contributed by atoms with Crippen LogP contribution in [0, 0.1) is 6.92 Å². The fourth-order valence-corrected chi connectivity index (χ4v) is 2.45. The van der Waals surface area contributed by atoms with Gasteiger partial charge in [-0.1, -0.05) is 29.8 Å². The van der Waals surface area contributed by atoms with Crippen molar-refractivity contribution in [1.29, 1.82) is 0 Å². The van der Waals surface area contributed by atoms with E-state index in [1.807, 2.05) is 0 Å². The van der Waals surface area contributed by atoms with E-state index in [0.29, 0.717) is 6.04 Å². The molecule has 100 valence electrons. The van der Waals surface area contributed by atoms with Gasteiger partial charge in [-0.25, -0.2) is 0 Å². The first-order chi connectivity index (χ1) is 9.31. The highest BCUT2D eigenvalue weighted by Crippen LogP contribution is 2.21. The maximum Gasteiger partial charge on any atom is 0.148 e. The van der Waals surface area contributed by atoms with Gasteiger partial charge in [-0.05, 0) is 38.4 Å². The molecule has 0 atom stereocenters. The topological polar surface area (TPSA) is 52.7 Å². The highest BCUT2D eigenvalue weighted by molar-refractivity contribution is 5.63. The molecule has 1 aliphatic heterocycles. The minimum atomic E-state index is 0.537. The van der Waals surface area contributed by atoms with Crippen molar-refractivity contribution in [3.8, 4) is 11.3 Å². The van der Waals surface area contributed by atoms with Crippen LogP contribution < -0.4 is 10.6 Å². The first-order valence-corrected chi connectivity index (χ1v) is 6.91. The highest BCUT2D eigenvalue weighted by Gasteiger charge is 2.13.